The zero-order valence-electron chi connectivity index (χ0n) is 11.9. The Balaban J connectivity index is 2.11. The van der Waals surface area contributed by atoms with Crippen molar-refractivity contribution in [3.05, 3.63) is 58.4 Å². The van der Waals surface area contributed by atoms with E-state index in [1.807, 2.05) is 33.2 Å². The van der Waals surface area contributed by atoms with Crippen molar-refractivity contribution in [1.29, 1.82) is 0 Å². The SMILES string of the molecule is Cc1cc(N(C)C)ccc1NCc1ccc(Cl)cc1F. The molecule has 2 aromatic rings. The molecule has 0 aliphatic heterocycles. The van der Waals surface area contributed by atoms with Crippen molar-refractivity contribution in [2.24, 2.45) is 0 Å². The fraction of sp³-hybridized carbons (Fsp3) is 0.250. The lowest BCUT2D eigenvalue weighted by Crippen LogP contribution is -2.09. The Bertz CT molecular complexity index is 611. The average Bonchev–Trinajstić information content (AvgIpc) is 2.38. The molecule has 0 spiro atoms. The highest BCUT2D eigenvalue weighted by atomic mass is 35.5. The summed E-state index contributed by atoms with van der Waals surface area (Å²) in [6.07, 6.45) is 0. The monoisotopic (exact) mass is 292 g/mol. The first-order chi connectivity index (χ1) is 9.47. The van der Waals surface area contributed by atoms with Crippen LogP contribution in [-0.4, -0.2) is 14.1 Å². The summed E-state index contributed by atoms with van der Waals surface area (Å²) in [4.78, 5) is 2.05. The first-order valence-corrected chi connectivity index (χ1v) is 6.81. The summed E-state index contributed by atoms with van der Waals surface area (Å²) in [6, 6.07) is 10.9. The van der Waals surface area contributed by atoms with Crippen LogP contribution in [-0.2, 0) is 6.54 Å². The minimum absolute atomic E-state index is 0.285. The predicted molar refractivity (Wildman–Crippen MR) is 84.2 cm³/mol. The van der Waals surface area contributed by atoms with Crippen LogP contribution >= 0.6 is 11.6 Å². The molecule has 0 fully saturated rings. The van der Waals surface area contributed by atoms with E-state index in [0.717, 1.165) is 16.9 Å². The van der Waals surface area contributed by atoms with Crippen LogP contribution in [0.15, 0.2) is 36.4 Å². The van der Waals surface area contributed by atoms with Gasteiger partial charge in [-0.25, -0.2) is 4.39 Å². The van der Waals surface area contributed by atoms with Crippen LogP contribution in [0.1, 0.15) is 11.1 Å². The van der Waals surface area contributed by atoms with E-state index in [1.54, 1.807) is 12.1 Å². The van der Waals surface area contributed by atoms with Crippen molar-refractivity contribution < 1.29 is 4.39 Å². The van der Waals surface area contributed by atoms with Gasteiger partial charge in [0.05, 0.1) is 0 Å². The highest BCUT2D eigenvalue weighted by molar-refractivity contribution is 6.30. The van der Waals surface area contributed by atoms with Gasteiger partial charge in [0.2, 0.25) is 0 Å². The summed E-state index contributed by atoms with van der Waals surface area (Å²) >= 11 is 5.74. The molecule has 0 aliphatic carbocycles. The van der Waals surface area contributed by atoms with Gasteiger partial charge in [-0.15, -0.1) is 0 Å². The standard InChI is InChI=1S/C16H18ClFN2/c1-11-8-14(20(2)3)6-7-16(11)19-10-12-4-5-13(17)9-15(12)18/h4-9,19H,10H2,1-3H3. The fourth-order valence-electron chi connectivity index (χ4n) is 1.98. The van der Waals surface area contributed by atoms with E-state index in [0.29, 0.717) is 17.1 Å². The molecular weight excluding hydrogens is 275 g/mol. The lowest BCUT2D eigenvalue weighted by atomic mass is 10.1. The van der Waals surface area contributed by atoms with E-state index >= 15 is 0 Å². The molecule has 106 valence electrons. The molecule has 0 amide bonds. The molecule has 0 atom stereocenters. The summed E-state index contributed by atoms with van der Waals surface area (Å²) in [7, 11) is 4.01. The van der Waals surface area contributed by atoms with Gasteiger partial charge in [0.15, 0.2) is 0 Å². The van der Waals surface area contributed by atoms with Crippen molar-refractivity contribution in [2.75, 3.05) is 24.3 Å². The summed E-state index contributed by atoms with van der Waals surface area (Å²) in [5.41, 5.74) is 3.88. The number of hydrogen-bond acceptors (Lipinski definition) is 2. The average molecular weight is 293 g/mol. The third-order valence-electron chi connectivity index (χ3n) is 3.21. The number of nitrogens with one attached hydrogen (secondary N) is 1. The molecule has 1 N–H and O–H groups in total. The first-order valence-electron chi connectivity index (χ1n) is 6.43. The molecule has 0 unspecified atom stereocenters. The molecule has 2 aromatic carbocycles. The maximum Gasteiger partial charge on any atom is 0.129 e. The van der Waals surface area contributed by atoms with E-state index in [1.165, 1.54) is 6.07 Å². The normalized spacial score (nSPS) is 10.4. The Labute approximate surface area is 124 Å². The van der Waals surface area contributed by atoms with Gasteiger partial charge in [-0.05, 0) is 42.8 Å². The number of halogens is 2. The van der Waals surface area contributed by atoms with E-state index in [4.69, 9.17) is 11.6 Å². The Hall–Kier alpha value is -1.74. The Morgan fingerprint density at radius 1 is 1.15 bits per heavy atom. The van der Waals surface area contributed by atoms with Gasteiger partial charge in [0.1, 0.15) is 5.82 Å². The number of anilines is 2. The Kier molecular flexibility index (Phi) is 4.50. The molecule has 2 nitrogen and oxygen atoms in total. The third-order valence-corrected chi connectivity index (χ3v) is 3.45. The van der Waals surface area contributed by atoms with Crippen LogP contribution in [0.5, 0.6) is 0 Å². The third kappa shape index (κ3) is 3.42. The van der Waals surface area contributed by atoms with Gasteiger partial charge in [0, 0.05) is 42.6 Å². The number of nitrogens with zero attached hydrogens (tertiary/aromatic N) is 1. The van der Waals surface area contributed by atoms with Gasteiger partial charge < -0.3 is 10.2 Å². The van der Waals surface area contributed by atoms with Crippen molar-refractivity contribution >= 4 is 23.0 Å². The topological polar surface area (TPSA) is 15.3 Å². The van der Waals surface area contributed by atoms with Crippen molar-refractivity contribution in [2.45, 2.75) is 13.5 Å². The van der Waals surface area contributed by atoms with Crippen molar-refractivity contribution in [3.8, 4) is 0 Å². The van der Waals surface area contributed by atoms with Crippen LogP contribution < -0.4 is 10.2 Å². The lowest BCUT2D eigenvalue weighted by molar-refractivity contribution is 0.613. The Morgan fingerprint density at radius 3 is 2.50 bits per heavy atom. The minimum Gasteiger partial charge on any atom is -0.381 e. The second-order valence-corrected chi connectivity index (χ2v) is 5.42. The van der Waals surface area contributed by atoms with Crippen molar-refractivity contribution in [1.82, 2.24) is 0 Å². The summed E-state index contributed by atoms with van der Waals surface area (Å²) in [5.74, 6) is -0.285. The lowest BCUT2D eigenvalue weighted by Gasteiger charge is -2.16. The van der Waals surface area contributed by atoms with Crippen LogP contribution in [0.3, 0.4) is 0 Å². The van der Waals surface area contributed by atoms with Crippen LogP contribution in [0, 0.1) is 12.7 Å². The summed E-state index contributed by atoms with van der Waals surface area (Å²) < 4.78 is 13.7. The van der Waals surface area contributed by atoms with Crippen molar-refractivity contribution in [3.63, 3.8) is 0 Å². The second kappa shape index (κ2) is 6.14. The molecule has 0 radical (unpaired) electrons. The van der Waals surface area contributed by atoms with Crippen LogP contribution in [0.25, 0.3) is 0 Å². The van der Waals surface area contributed by atoms with E-state index in [9.17, 15) is 4.39 Å². The van der Waals surface area contributed by atoms with Gasteiger partial charge in [-0.1, -0.05) is 17.7 Å². The molecule has 0 aromatic heterocycles. The van der Waals surface area contributed by atoms with Crippen LogP contribution in [0.4, 0.5) is 15.8 Å². The van der Waals surface area contributed by atoms with E-state index in [2.05, 4.69) is 16.3 Å². The van der Waals surface area contributed by atoms with Gasteiger partial charge >= 0.3 is 0 Å². The zero-order chi connectivity index (χ0) is 14.7. The molecule has 0 saturated heterocycles. The maximum atomic E-state index is 13.7. The second-order valence-electron chi connectivity index (χ2n) is 4.98. The smallest absolute Gasteiger partial charge is 0.129 e. The highest BCUT2D eigenvalue weighted by Gasteiger charge is 2.05. The van der Waals surface area contributed by atoms with Crippen LogP contribution in [0.2, 0.25) is 5.02 Å². The molecule has 0 saturated carbocycles. The molecule has 0 aliphatic rings. The quantitative estimate of drug-likeness (QED) is 0.894. The Morgan fingerprint density at radius 2 is 1.90 bits per heavy atom. The van der Waals surface area contributed by atoms with Gasteiger partial charge in [-0.2, -0.15) is 0 Å². The van der Waals surface area contributed by atoms with E-state index in [-0.39, 0.29) is 5.82 Å². The largest absolute Gasteiger partial charge is 0.381 e. The molecule has 20 heavy (non-hydrogen) atoms. The number of hydrogen-bond donors (Lipinski definition) is 1. The zero-order valence-corrected chi connectivity index (χ0v) is 12.6. The maximum absolute atomic E-state index is 13.7. The fourth-order valence-corrected chi connectivity index (χ4v) is 2.14. The molecule has 2 rings (SSSR count). The van der Waals surface area contributed by atoms with Gasteiger partial charge in [0.25, 0.3) is 0 Å². The number of aryl methyl sites for hydroxylation is 1. The van der Waals surface area contributed by atoms with E-state index < -0.39 is 0 Å². The summed E-state index contributed by atoms with van der Waals surface area (Å²) in [6.45, 7) is 2.47. The number of benzene rings is 2. The predicted octanol–water partition coefficient (Wildman–Crippen LogP) is 4.47. The number of rotatable bonds is 4. The molecule has 4 heteroatoms. The first kappa shape index (κ1) is 14.7. The highest BCUT2D eigenvalue weighted by Crippen LogP contribution is 2.22. The molecule has 0 bridgehead atoms. The molecular formula is C16H18ClFN2. The minimum atomic E-state index is -0.285. The van der Waals surface area contributed by atoms with Gasteiger partial charge in [-0.3, -0.25) is 0 Å². The molecule has 0 heterocycles. The summed E-state index contributed by atoms with van der Waals surface area (Å²) in [5, 5.41) is 3.67.